The summed E-state index contributed by atoms with van der Waals surface area (Å²) >= 11 is 0. The lowest BCUT2D eigenvalue weighted by Gasteiger charge is -2.46. The summed E-state index contributed by atoms with van der Waals surface area (Å²) in [6, 6.07) is 0. The van der Waals surface area contributed by atoms with E-state index >= 15 is 0 Å². The number of rotatable bonds is 0. The normalized spacial score (nSPS) is 41.4. The minimum Gasteiger partial charge on any atom is -0.0742 e. The molecule has 2 bridgehead atoms. The van der Waals surface area contributed by atoms with E-state index in [2.05, 4.69) is 55.7 Å². The van der Waals surface area contributed by atoms with Crippen LogP contribution < -0.4 is 0 Å². The Hall–Kier alpha value is 0.0649. The van der Waals surface area contributed by atoms with E-state index in [0.717, 1.165) is 5.82 Å². The molecule has 2 aliphatic rings. The van der Waals surface area contributed by atoms with E-state index in [0.29, 0.717) is 21.7 Å². The van der Waals surface area contributed by atoms with E-state index in [-0.39, 0.29) is 0 Å². The van der Waals surface area contributed by atoms with E-state index < -0.39 is 0 Å². The first-order valence-electron chi connectivity index (χ1n) is 7.83. The van der Waals surface area contributed by atoms with Crippen molar-refractivity contribution in [3.8, 4) is 0 Å². The van der Waals surface area contributed by atoms with Gasteiger partial charge < -0.3 is 0 Å². The highest BCUT2D eigenvalue weighted by molar-refractivity contribution is 6.39. The third-order valence-electron chi connectivity index (χ3n) is 7.23. The molecule has 2 unspecified atom stereocenters. The first-order valence-corrected chi connectivity index (χ1v) is 7.83. The average Bonchev–Trinajstić information content (AvgIpc) is 2.57. The Balaban J connectivity index is 2.34. The van der Waals surface area contributed by atoms with E-state index in [1.807, 2.05) is 0 Å². The monoisotopic (exact) mass is 247 g/mol. The molecule has 0 amide bonds. The summed E-state index contributed by atoms with van der Waals surface area (Å²) in [6.07, 6.45) is 6.88. The summed E-state index contributed by atoms with van der Waals surface area (Å²) in [7, 11) is 2.64. The lowest BCUT2D eigenvalue weighted by molar-refractivity contribution is 0.0568. The number of fused-ring (bicyclic) bond motifs is 2. The largest absolute Gasteiger partial charge is 0.114 e. The Morgan fingerprint density at radius 1 is 0.722 bits per heavy atom. The van der Waals surface area contributed by atoms with Crippen molar-refractivity contribution in [2.75, 3.05) is 0 Å². The van der Waals surface area contributed by atoms with Crippen LogP contribution in [-0.4, -0.2) is 7.28 Å². The summed E-state index contributed by atoms with van der Waals surface area (Å²) in [4.78, 5) is 0. The van der Waals surface area contributed by atoms with Gasteiger partial charge in [-0.05, 0) is 34.5 Å². The van der Waals surface area contributed by atoms with Gasteiger partial charge in [0, 0.05) is 0 Å². The highest BCUT2D eigenvalue weighted by Crippen LogP contribution is 2.61. The minimum atomic E-state index is 0.457. The van der Waals surface area contributed by atoms with Crippen LogP contribution in [0, 0.1) is 21.7 Å². The maximum Gasteiger partial charge on any atom is 0.114 e. The molecule has 1 heteroatoms. The highest BCUT2D eigenvalue weighted by Gasteiger charge is 2.51. The van der Waals surface area contributed by atoms with Crippen LogP contribution in [0.3, 0.4) is 0 Å². The fraction of sp³-hybridized carbons (Fsp3) is 1.00. The van der Waals surface area contributed by atoms with Crippen LogP contribution in [0.4, 0.5) is 0 Å². The molecule has 0 aromatic carbocycles. The Morgan fingerprint density at radius 3 is 1.89 bits per heavy atom. The molecule has 0 nitrogen and oxygen atoms in total. The van der Waals surface area contributed by atoms with E-state index in [4.69, 9.17) is 0 Å². The van der Waals surface area contributed by atoms with Crippen molar-refractivity contribution >= 4 is 7.28 Å². The van der Waals surface area contributed by atoms with Gasteiger partial charge in [0.2, 0.25) is 0 Å². The van der Waals surface area contributed by atoms with Gasteiger partial charge in [-0.15, -0.1) is 0 Å². The van der Waals surface area contributed by atoms with Crippen molar-refractivity contribution in [2.45, 2.75) is 86.3 Å². The van der Waals surface area contributed by atoms with Crippen molar-refractivity contribution in [1.29, 1.82) is 0 Å². The molecule has 2 atom stereocenters. The van der Waals surface area contributed by atoms with Crippen molar-refractivity contribution in [1.82, 2.24) is 0 Å². The van der Waals surface area contributed by atoms with Crippen LogP contribution in [0.2, 0.25) is 12.1 Å². The second kappa shape index (κ2) is 4.03. The number of hydrogen-bond donors (Lipinski definition) is 0. The third kappa shape index (κ3) is 2.16. The Labute approximate surface area is 116 Å². The van der Waals surface area contributed by atoms with Gasteiger partial charge in [0.15, 0.2) is 0 Å². The van der Waals surface area contributed by atoms with Gasteiger partial charge >= 0.3 is 0 Å². The molecule has 1 saturated carbocycles. The molecule has 0 aromatic heterocycles. The Bertz CT molecular complexity index is 327. The molecule has 1 saturated heterocycles. The fourth-order valence-electron chi connectivity index (χ4n) is 4.08. The van der Waals surface area contributed by atoms with Gasteiger partial charge in [-0.2, -0.15) is 0 Å². The van der Waals surface area contributed by atoms with Gasteiger partial charge in [0.05, 0.1) is 0 Å². The molecular formula is C17H32B. The molecule has 2 rings (SSSR count). The van der Waals surface area contributed by atoms with Crippen molar-refractivity contribution in [3.05, 3.63) is 0 Å². The molecule has 0 spiro atoms. The van der Waals surface area contributed by atoms with Crippen molar-refractivity contribution in [2.24, 2.45) is 21.7 Å². The Morgan fingerprint density at radius 2 is 1.28 bits per heavy atom. The van der Waals surface area contributed by atoms with E-state index in [1.165, 1.54) is 32.0 Å². The maximum atomic E-state index is 2.64. The van der Waals surface area contributed by atoms with Gasteiger partial charge in [-0.1, -0.05) is 73.4 Å². The summed E-state index contributed by atoms with van der Waals surface area (Å²) in [5.74, 6) is 0.849. The highest BCUT2D eigenvalue weighted by atomic mass is 14.5. The van der Waals surface area contributed by atoms with Crippen LogP contribution in [0.15, 0.2) is 0 Å². The molecule has 18 heavy (non-hydrogen) atoms. The van der Waals surface area contributed by atoms with Gasteiger partial charge in [0.25, 0.3) is 0 Å². The second-order valence-corrected chi connectivity index (χ2v) is 9.32. The molecular weight excluding hydrogens is 215 g/mol. The molecule has 1 heterocycles. The molecule has 0 N–H and O–H groups in total. The van der Waals surface area contributed by atoms with Crippen LogP contribution >= 0.6 is 0 Å². The first kappa shape index (κ1) is 14.5. The number of hydrogen-bond acceptors (Lipinski definition) is 0. The van der Waals surface area contributed by atoms with Crippen LogP contribution in [-0.2, 0) is 0 Å². The summed E-state index contributed by atoms with van der Waals surface area (Å²) < 4.78 is 0. The SMILES string of the molecule is CC1(C)CCC(C)(C)C2(C)C[B]C(CC1(C)C)C2. The quantitative estimate of drug-likeness (QED) is 0.491. The van der Waals surface area contributed by atoms with Crippen LogP contribution in [0.25, 0.3) is 0 Å². The Kier molecular flexibility index (Phi) is 3.24. The molecule has 1 aliphatic carbocycles. The summed E-state index contributed by atoms with van der Waals surface area (Å²) in [5.41, 5.74) is 1.93. The standard InChI is InChI=1S/C17H32B/c1-14(2)8-9-15(3,4)17(7)11-13(18-12-17)10-16(14,5)6/h13H,8-12H2,1-7H3. The lowest BCUT2D eigenvalue weighted by atomic mass is 9.53. The van der Waals surface area contributed by atoms with Crippen LogP contribution in [0.1, 0.15) is 74.1 Å². The smallest absolute Gasteiger partial charge is 0.0742 e. The zero-order valence-electron chi connectivity index (χ0n) is 13.7. The second-order valence-electron chi connectivity index (χ2n) is 9.32. The third-order valence-corrected chi connectivity index (χ3v) is 7.23. The molecule has 1 radical (unpaired) electrons. The van der Waals surface area contributed by atoms with Gasteiger partial charge in [-0.25, -0.2) is 0 Å². The summed E-state index contributed by atoms with van der Waals surface area (Å²) in [5, 5.41) is 0. The molecule has 0 aromatic rings. The fourth-order valence-corrected chi connectivity index (χ4v) is 4.08. The van der Waals surface area contributed by atoms with Crippen LogP contribution in [0.5, 0.6) is 0 Å². The molecule has 103 valence electrons. The summed E-state index contributed by atoms with van der Waals surface area (Å²) in [6.45, 7) is 17.5. The maximum absolute atomic E-state index is 2.64. The predicted molar refractivity (Wildman–Crippen MR) is 82.2 cm³/mol. The molecule has 2 fully saturated rings. The van der Waals surface area contributed by atoms with E-state index in [1.54, 1.807) is 0 Å². The van der Waals surface area contributed by atoms with E-state index in [9.17, 15) is 0 Å². The lowest BCUT2D eigenvalue weighted by Crippen LogP contribution is -2.36. The average molecular weight is 247 g/mol. The zero-order chi connectivity index (χ0) is 13.8. The molecule has 1 aliphatic heterocycles. The minimum absolute atomic E-state index is 0.457. The van der Waals surface area contributed by atoms with Gasteiger partial charge in [-0.3, -0.25) is 0 Å². The van der Waals surface area contributed by atoms with Crippen molar-refractivity contribution in [3.63, 3.8) is 0 Å². The topological polar surface area (TPSA) is 0 Å². The van der Waals surface area contributed by atoms with Crippen molar-refractivity contribution < 1.29 is 0 Å². The zero-order valence-corrected chi connectivity index (χ0v) is 13.7. The van der Waals surface area contributed by atoms with Gasteiger partial charge in [0.1, 0.15) is 7.28 Å². The first-order chi connectivity index (χ1) is 7.99. The predicted octanol–water partition coefficient (Wildman–Crippen LogP) is 5.57.